The molecule has 0 N–H and O–H groups in total. The number of rotatable bonds is 20. The lowest BCUT2D eigenvalue weighted by molar-refractivity contribution is -0.442. The summed E-state index contributed by atoms with van der Waals surface area (Å²) < 4.78 is 26.1. The van der Waals surface area contributed by atoms with E-state index in [1.807, 2.05) is 13.8 Å². The maximum atomic E-state index is 6.18. The minimum absolute atomic E-state index is 0.261. The zero-order chi connectivity index (χ0) is 47.1. The van der Waals surface area contributed by atoms with Crippen LogP contribution in [0.3, 0.4) is 0 Å². The molecule has 0 saturated carbocycles. The highest BCUT2D eigenvalue weighted by Crippen LogP contribution is 2.51. The Kier molecular flexibility index (Phi) is 14.5. The molecule has 68 heavy (non-hydrogen) atoms. The van der Waals surface area contributed by atoms with Crippen molar-refractivity contribution >= 4 is 50.0 Å². The van der Waals surface area contributed by atoms with Gasteiger partial charge < -0.3 is 28.7 Å². The van der Waals surface area contributed by atoms with E-state index in [9.17, 15) is 0 Å². The van der Waals surface area contributed by atoms with Crippen LogP contribution in [0.25, 0.3) is 21.5 Å². The van der Waals surface area contributed by atoms with Crippen LogP contribution in [0.5, 0.6) is 0 Å². The van der Waals surface area contributed by atoms with Crippen LogP contribution in [0.4, 0.5) is 22.7 Å². The maximum Gasteiger partial charge on any atom is 0.210 e. The zero-order valence-corrected chi connectivity index (χ0v) is 41.0. The summed E-state index contributed by atoms with van der Waals surface area (Å²) in [5, 5.41) is 5.13. The van der Waals surface area contributed by atoms with Gasteiger partial charge in [0.25, 0.3) is 0 Å². The Balaban J connectivity index is 1.17. The highest BCUT2D eigenvalue weighted by molar-refractivity contribution is 6.08. The van der Waals surface area contributed by atoms with Crippen molar-refractivity contribution in [1.82, 2.24) is 0 Å². The fourth-order valence-corrected chi connectivity index (χ4v) is 10.8. The summed E-state index contributed by atoms with van der Waals surface area (Å²) in [6, 6.07) is 48.5. The van der Waals surface area contributed by atoms with Gasteiger partial charge in [-0.3, -0.25) is 0 Å². The summed E-state index contributed by atoms with van der Waals surface area (Å²) in [7, 11) is 0. The van der Waals surface area contributed by atoms with Crippen molar-refractivity contribution < 1.29 is 23.5 Å². The lowest BCUT2D eigenvalue weighted by Crippen LogP contribution is -2.29. The summed E-state index contributed by atoms with van der Waals surface area (Å²) in [4.78, 5) is 4.97. The van der Waals surface area contributed by atoms with Gasteiger partial charge in [-0.25, -0.2) is 0 Å². The van der Waals surface area contributed by atoms with E-state index in [2.05, 4.69) is 200 Å². The molecule has 0 unspecified atom stereocenters. The molecule has 350 valence electrons. The van der Waals surface area contributed by atoms with Gasteiger partial charge in [-0.15, -0.1) is 0 Å². The van der Waals surface area contributed by atoms with E-state index in [4.69, 9.17) is 18.9 Å². The van der Waals surface area contributed by atoms with Gasteiger partial charge in [0, 0.05) is 65.6 Å². The summed E-state index contributed by atoms with van der Waals surface area (Å²) >= 11 is 0. The predicted octanol–water partition coefficient (Wildman–Crippen LogP) is 13.5. The minimum atomic E-state index is -0.261. The molecule has 0 atom stereocenters. The number of hydrogen-bond donors (Lipinski definition) is 0. The average Bonchev–Trinajstić information content (AvgIpc) is 3.93. The number of hydrogen-bond acceptors (Lipinski definition) is 6. The van der Waals surface area contributed by atoms with Crippen LogP contribution in [0, 0.1) is 0 Å². The molecular weight excluding hydrogens is 839 g/mol. The average molecular weight is 907 g/mol. The summed E-state index contributed by atoms with van der Waals surface area (Å²) in [5.74, 6) is 0. The van der Waals surface area contributed by atoms with Crippen molar-refractivity contribution in [2.45, 2.75) is 65.2 Å². The predicted molar refractivity (Wildman–Crippen MR) is 282 cm³/mol. The van der Waals surface area contributed by atoms with Crippen LogP contribution in [0.15, 0.2) is 180 Å². The van der Waals surface area contributed by atoms with E-state index in [0.29, 0.717) is 52.9 Å². The van der Waals surface area contributed by atoms with Gasteiger partial charge in [0.15, 0.2) is 12.3 Å². The van der Waals surface area contributed by atoms with Crippen molar-refractivity contribution in [1.29, 1.82) is 0 Å². The van der Waals surface area contributed by atoms with Gasteiger partial charge in [0.05, 0.1) is 44.1 Å². The van der Waals surface area contributed by atoms with Crippen molar-refractivity contribution in [2.24, 2.45) is 0 Å². The second-order valence-electron chi connectivity index (χ2n) is 18.9. The molecular formula is C61H68N3O4+. The molecule has 0 radical (unpaired) electrons. The number of benzene rings is 6. The first kappa shape index (κ1) is 47.0. The fraction of sp³-hybridized carbons (Fsp3) is 0.328. The molecule has 9 rings (SSSR count). The second-order valence-corrected chi connectivity index (χ2v) is 18.9. The molecule has 3 aliphatic rings. The third-order valence-electron chi connectivity index (χ3n) is 14.0. The number of allylic oxidation sites excluding steroid dienone is 7. The van der Waals surface area contributed by atoms with Gasteiger partial charge in [0.1, 0.15) is 6.61 Å². The van der Waals surface area contributed by atoms with Crippen molar-refractivity contribution in [2.75, 3.05) is 75.7 Å². The fourth-order valence-electron chi connectivity index (χ4n) is 10.8. The number of nitrogens with zero attached hydrogens (tertiary/aromatic N) is 3. The molecule has 0 amide bonds. The summed E-state index contributed by atoms with van der Waals surface area (Å²) in [6.07, 6.45) is 11.5. The second kappa shape index (κ2) is 21.1. The molecule has 1 aliphatic carbocycles. The van der Waals surface area contributed by atoms with E-state index in [0.717, 1.165) is 37.3 Å². The van der Waals surface area contributed by atoms with Crippen LogP contribution in [0.2, 0.25) is 0 Å². The Morgan fingerprint density at radius 2 is 1.13 bits per heavy atom. The third-order valence-corrected chi connectivity index (χ3v) is 14.0. The third kappa shape index (κ3) is 9.38. The van der Waals surface area contributed by atoms with E-state index in [1.165, 1.54) is 72.3 Å². The largest absolute Gasteiger partial charge is 0.379 e. The zero-order valence-electron chi connectivity index (χ0n) is 41.0. The Morgan fingerprint density at radius 3 is 1.78 bits per heavy atom. The van der Waals surface area contributed by atoms with Crippen LogP contribution in [0.1, 0.15) is 65.5 Å². The Hall–Kier alpha value is -6.09. The van der Waals surface area contributed by atoms with Crippen molar-refractivity contribution in [3.63, 3.8) is 0 Å². The number of para-hydroxylation sites is 2. The molecule has 6 aromatic carbocycles. The molecule has 2 heterocycles. The van der Waals surface area contributed by atoms with Gasteiger partial charge >= 0.3 is 0 Å². The quantitative estimate of drug-likeness (QED) is 0.0562. The van der Waals surface area contributed by atoms with Gasteiger partial charge in [-0.05, 0) is 121 Å². The topological polar surface area (TPSA) is 46.4 Å². The molecule has 7 heteroatoms. The Morgan fingerprint density at radius 1 is 0.559 bits per heavy atom. The smallest absolute Gasteiger partial charge is 0.210 e. The minimum Gasteiger partial charge on any atom is -0.379 e. The first-order chi connectivity index (χ1) is 33.2. The Labute approximate surface area is 404 Å². The van der Waals surface area contributed by atoms with Crippen LogP contribution in [-0.2, 0) is 29.8 Å². The SMILES string of the molecule is CCOCCOCCN1/C(=C/C=C2\CCC(/C=C/C3=[N+](CCOCCOCC)c4ccc5ccccc5c4C3(C)C)=C2N(c2ccccc2)c2ccccc2)C(C)(C)c2c1ccc1ccccc21. The van der Waals surface area contributed by atoms with E-state index < -0.39 is 0 Å². The molecule has 0 aromatic heterocycles. The van der Waals surface area contributed by atoms with Crippen molar-refractivity contribution in [3.05, 3.63) is 191 Å². The summed E-state index contributed by atoms with van der Waals surface area (Å²) in [6.45, 7) is 20.0. The highest BCUT2D eigenvalue weighted by atomic mass is 16.5. The molecule has 0 saturated heterocycles. The monoisotopic (exact) mass is 907 g/mol. The Bertz CT molecular complexity index is 2850. The van der Waals surface area contributed by atoms with E-state index >= 15 is 0 Å². The molecule has 6 aromatic rings. The molecule has 0 spiro atoms. The van der Waals surface area contributed by atoms with Crippen LogP contribution >= 0.6 is 0 Å². The maximum absolute atomic E-state index is 6.18. The number of fused-ring (bicyclic) bond motifs is 6. The van der Waals surface area contributed by atoms with Crippen LogP contribution < -0.4 is 9.80 Å². The first-order valence-electron chi connectivity index (χ1n) is 24.7. The normalized spacial score (nSPS) is 17.5. The van der Waals surface area contributed by atoms with E-state index in [-0.39, 0.29) is 10.8 Å². The van der Waals surface area contributed by atoms with Gasteiger partial charge in [0.2, 0.25) is 5.69 Å². The molecule has 7 nitrogen and oxygen atoms in total. The molecule has 2 aliphatic heterocycles. The first-order valence-corrected chi connectivity index (χ1v) is 24.7. The standard InChI is InChI=1S/C61H68N3O4/c1-7-65-41-43-67-39-37-62-53-33-29-45-19-15-17-25-51(45)57(53)60(3,4)55(62)35-31-47-27-28-48(59(47)64(49-21-11-9-12-22-49)50-23-13-10-14-24-50)32-36-56-61(5,6)58-52-26-18-16-20-46(52)30-34-54(58)63(56)38-40-68-44-42-66-8-2/h9-26,29-36H,7-8,27-28,37-44H2,1-6H3/q+1. The summed E-state index contributed by atoms with van der Waals surface area (Å²) in [5.41, 5.74) is 13.3. The number of anilines is 3. The highest BCUT2D eigenvalue weighted by Gasteiger charge is 2.46. The van der Waals surface area contributed by atoms with Crippen LogP contribution in [-0.4, -0.2) is 76.2 Å². The van der Waals surface area contributed by atoms with Gasteiger partial charge in [-0.1, -0.05) is 117 Å². The molecule has 0 fully saturated rings. The van der Waals surface area contributed by atoms with Gasteiger partial charge in [-0.2, -0.15) is 4.58 Å². The van der Waals surface area contributed by atoms with Crippen molar-refractivity contribution in [3.8, 4) is 0 Å². The lowest BCUT2D eigenvalue weighted by Gasteiger charge is -2.29. The number of ether oxygens (including phenoxy) is 4. The lowest BCUT2D eigenvalue weighted by atomic mass is 9.79. The molecule has 0 bridgehead atoms. The van der Waals surface area contributed by atoms with E-state index in [1.54, 1.807) is 0 Å².